The van der Waals surface area contributed by atoms with E-state index >= 15 is 0 Å². The van der Waals surface area contributed by atoms with Crippen molar-refractivity contribution in [1.29, 1.82) is 0 Å². The predicted octanol–water partition coefficient (Wildman–Crippen LogP) is 8.72. The van der Waals surface area contributed by atoms with Gasteiger partial charge in [0.1, 0.15) is 16.7 Å². The van der Waals surface area contributed by atoms with Gasteiger partial charge in [0.2, 0.25) is 5.91 Å². The van der Waals surface area contributed by atoms with Crippen LogP contribution in [0.25, 0.3) is 17.3 Å². The Morgan fingerprint density at radius 1 is 0.741 bits per heavy atom. The SMILES string of the molecule is COc1cccc(/C=C(\NC(=O)c2ccccc2)C(=O)Nc2cccc(SC(C(=O)Nc3nc(-c4ccc(OC)c(OC)c4)cs3)c3ccccc3)c2)c1. The maximum Gasteiger partial charge on any atom is 0.272 e. The van der Waals surface area contributed by atoms with Crippen LogP contribution in [-0.2, 0) is 9.59 Å². The number of methoxy groups -OCH3 is 3. The molecule has 0 aliphatic rings. The Labute approximate surface area is 321 Å². The normalized spacial score (nSPS) is 11.6. The molecule has 10 nitrogen and oxygen atoms in total. The lowest BCUT2D eigenvalue weighted by Crippen LogP contribution is -2.30. The van der Waals surface area contributed by atoms with Gasteiger partial charge in [-0.2, -0.15) is 0 Å². The number of rotatable bonds is 14. The molecule has 54 heavy (non-hydrogen) atoms. The summed E-state index contributed by atoms with van der Waals surface area (Å²) in [5, 5.41) is 10.3. The highest BCUT2D eigenvalue weighted by Gasteiger charge is 2.24. The second-order valence-corrected chi connectivity index (χ2v) is 13.7. The van der Waals surface area contributed by atoms with E-state index in [1.54, 1.807) is 94.1 Å². The van der Waals surface area contributed by atoms with Crippen molar-refractivity contribution >= 4 is 57.7 Å². The fourth-order valence-corrected chi connectivity index (χ4v) is 7.16. The summed E-state index contributed by atoms with van der Waals surface area (Å²) in [7, 11) is 4.71. The van der Waals surface area contributed by atoms with Crippen LogP contribution in [0, 0.1) is 0 Å². The van der Waals surface area contributed by atoms with E-state index in [1.165, 1.54) is 23.1 Å². The molecular weight excluding hydrogens is 721 g/mol. The van der Waals surface area contributed by atoms with Gasteiger partial charge in [-0.1, -0.05) is 66.7 Å². The van der Waals surface area contributed by atoms with Gasteiger partial charge in [-0.3, -0.25) is 14.4 Å². The number of hydrogen-bond donors (Lipinski definition) is 3. The Kier molecular flexibility index (Phi) is 12.4. The second kappa shape index (κ2) is 17.9. The Balaban J connectivity index is 1.21. The van der Waals surface area contributed by atoms with Gasteiger partial charge in [0.05, 0.1) is 27.0 Å². The molecule has 0 spiro atoms. The molecule has 3 N–H and O–H groups in total. The monoisotopic (exact) mass is 756 g/mol. The lowest BCUT2D eigenvalue weighted by Gasteiger charge is -2.17. The van der Waals surface area contributed by atoms with E-state index in [9.17, 15) is 14.4 Å². The molecule has 0 aliphatic carbocycles. The fraction of sp³-hybridized carbons (Fsp3) is 0.0952. The van der Waals surface area contributed by atoms with E-state index in [4.69, 9.17) is 14.2 Å². The zero-order valence-electron chi connectivity index (χ0n) is 29.6. The Hall–Kier alpha value is -6.37. The van der Waals surface area contributed by atoms with Crippen LogP contribution in [0.5, 0.6) is 17.2 Å². The molecule has 0 radical (unpaired) electrons. The Morgan fingerprint density at radius 2 is 1.48 bits per heavy atom. The first-order chi connectivity index (χ1) is 26.3. The summed E-state index contributed by atoms with van der Waals surface area (Å²) in [6.07, 6.45) is 1.59. The van der Waals surface area contributed by atoms with Gasteiger partial charge in [0, 0.05) is 27.1 Å². The van der Waals surface area contributed by atoms with Gasteiger partial charge in [0.15, 0.2) is 16.6 Å². The minimum atomic E-state index is -0.653. The average Bonchev–Trinajstić information content (AvgIpc) is 3.68. The van der Waals surface area contributed by atoms with E-state index in [0.29, 0.717) is 44.9 Å². The Morgan fingerprint density at radius 3 is 2.22 bits per heavy atom. The van der Waals surface area contributed by atoms with Crippen LogP contribution in [0.4, 0.5) is 10.8 Å². The molecule has 6 rings (SSSR count). The van der Waals surface area contributed by atoms with Crippen molar-refractivity contribution in [2.75, 3.05) is 32.0 Å². The summed E-state index contributed by atoms with van der Waals surface area (Å²) in [6.45, 7) is 0. The third-order valence-electron chi connectivity index (χ3n) is 8.03. The lowest BCUT2D eigenvalue weighted by molar-refractivity contribution is -0.116. The van der Waals surface area contributed by atoms with Gasteiger partial charge in [-0.05, 0) is 77.9 Å². The lowest BCUT2D eigenvalue weighted by atomic mass is 10.1. The van der Waals surface area contributed by atoms with E-state index in [2.05, 4.69) is 20.9 Å². The van der Waals surface area contributed by atoms with Gasteiger partial charge >= 0.3 is 0 Å². The smallest absolute Gasteiger partial charge is 0.272 e. The molecule has 6 aromatic rings. The highest BCUT2D eigenvalue weighted by atomic mass is 32.2. The number of benzene rings is 5. The molecule has 0 saturated heterocycles. The van der Waals surface area contributed by atoms with Crippen molar-refractivity contribution in [2.24, 2.45) is 0 Å². The number of nitrogens with zero attached hydrogens (tertiary/aromatic N) is 1. The van der Waals surface area contributed by atoms with Gasteiger partial charge in [-0.25, -0.2) is 4.98 Å². The summed E-state index contributed by atoms with van der Waals surface area (Å²) in [4.78, 5) is 46.2. The molecule has 0 aliphatic heterocycles. The first-order valence-electron chi connectivity index (χ1n) is 16.7. The number of thioether (sulfide) groups is 1. The minimum Gasteiger partial charge on any atom is -0.497 e. The van der Waals surface area contributed by atoms with E-state index in [1.807, 2.05) is 66.0 Å². The summed E-state index contributed by atoms with van der Waals surface area (Å²) >= 11 is 2.65. The number of carbonyl (C=O) groups is 3. The number of anilines is 2. The quantitative estimate of drug-likeness (QED) is 0.0744. The van der Waals surface area contributed by atoms with Crippen LogP contribution in [0.15, 0.2) is 143 Å². The maximum atomic E-state index is 13.9. The van der Waals surface area contributed by atoms with E-state index < -0.39 is 17.1 Å². The van der Waals surface area contributed by atoms with E-state index in [0.717, 1.165) is 16.0 Å². The molecule has 0 bridgehead atoms. The number of thiazole rings is 1. The standard InChI is InChI=1S/C42H36N4O6S2/c1-50-32-18-10-12-27(22-32)23-34(44-39(47)29-15-8-5-9-16-29)40(48)43-31-17-11-19-33(25-31)54-38(28-13-6-4-7-14-28)41(49)46-42-45-35(26-53-42)30-20-21-36(51-2)37(24-30)52-3/h4-26,38H,1-3H3,(H,43,48)(H,44,47)(H,45,46,49)/b34-23-. The molecular formula is C42H36N4O6S2. The Bertz CT molecular complexity index is 2280. The molecule has 1 heterocycles. The van der Waals surface area contributed by atoms with Crippen LogP contribution in [0.1, 0.15) is 26.7 Å². The molecule has 1 unspecified atom stereocenters. The molecule has 5 aromatic carbocycles. The van der Waals surface area contributed by atoms with Crippen LogP contribution >= 0.6 is 23.1 Å². The number of hydrogen-bond acceptors (Lipinski definition) is 9. The second-order valence-electron chi connectivity index (χ2n) is 11.6. The molecule has 272 valence electrons. The highest BCUT2D eigenvalue weighted by molar-refractivity contribution is 8.00. The predicted molar refractivity (Wildman–Crippen MR) is 214 cm³/mol. The summed E-state index contributed by atoms with van der Waals surface area (Å²) < 4.78 is 16.1. The highest BCUT2D eigenvalue weighted by Crippen LogP contribution is 2.38. The molecule has 3 amide bonds. The molecule has 0 fully saturated rings. The van der Waals surface area contributed by atoms with Crippen LogP contribution in [0.2, 0.25) is 0 Å². The third kappa shape index (κ3) is 9.54. The fourth-order valence-electron chi connectivity index (χ4n) is 5.35. The van der Waals surface area contributed by atoms with E-state index in [-0.39, 0.29) is 11.6 Å². The molecule has 1 aromatic heterocycles. The van der Waals surface area contributed by atoms with Crippen molar-refractivity contribution < 1.29 is 28.6 Å². The molecule has 0 saturated carbocycles. The zero-order chi connectivity index (χ0) is 37.9. The van der Waals surface area contributed by atoms with Crippen LogP contribution in [-0.4, -0.2) is 44.0 Å². The molecule has 1 atom stereocenters. The number of amides is 3. The first kappa shape index (κ1) is 37.4. The largest absolute Gasteiger partial charge is 0.497 e. The first-order valence-corrected chi connectivity index (χ1v) is 18.4. The number of nitrogens with one attached hydrogen (secondary N) is 3. The van der Waals surface area contributed by atoms with Crippen molar-refractivity contribution in [1.82, 2.24) is 10.3 Å². The summed E-state index contributed by atoms with van der Waals surface area (Å²) in [5.41, 5.74) is 3.86. The molecule has 12 heteroatoms. The number of ether oxygens (including phenoxy) is 3. The number of carbonyl (C=O) groups excluding carboxylic acids is 3. The average molecular weight is 757 g/mol. The zero-order valence-corrected chi connectivity index (χ0v) is 31.2. The minimum absolute atomic E-state index is 0.0348. The third-order valence-corrected chi connectivity index (χ3v) is 10.0. The summed E-state index contributed by atoms with van der Waals surface area (Å²) in [5.74, 6) is 0.561. The van der Waals surface area contributed by atoms with Crippen molar-refractivity contribution in [3.05, 3.63) is 155 Å². The van der Waals surface area contributed by atoms with Gasteiger partial charge in [-0.15, -0.1) is 23.1 Å². The van der Waals surface area contributed by atoms with Gasteiger partial charge < -0.3 is 30.2 Å². The summed E-state index contributed by atoms with van der Waals surface area (Å²) in [6, 6.07) is 38.0. The maximum absolute atomic E-state index is 13.9. The van der Waals surface area contributed by atoms with Crippen molar-refractivity contribution in [3.8, 4) is 28.5 Å². The van der Waals surface area contributed by atoms with Crippen LogP contribution in [0.3, 0.4) is 0 Å². The van der Waals surface area contributed by atoms with Gasteiger partial charge in [0.25, 0.3) is 11.8 Å². The van der Waals surface area contributed by atoms with Crippen molar-refractivity contribution in [2.45, 2.75) is 10.1 Å². The topological polar surface area (TPSA) is 128 Å². The number of aromatic nitrogens is 1. The van der Waals surface area contributed by atoms with Crippen molar-refractivity contribution in [3.63, 3.8) is 0 Å². The van der Waals surface area contributed by atoms with Crippen LogP contribution < -0.4 is 30.2 Å².